The highest BCUT2D eigenvalue weighted by molar-refractivity contribution is 5.87. The molecule has 0 heterocycles. The van der Waals surface area contributed by atoms with Crippen LogP contribution in [0.1, 0.15) is 38.2 Å². The van der Waals surface area contributed by atoms with Gasteiger partial charge in [0.2, 0.25) is 17.7 Å². The van der Waals surface area contributed by atoms with Crippen molar-refractivity contribution in [2.45, 2.75) is 39.2 Å². The predicted octanol–water partition coefficient (Wildman–Crippen LogP) is 0.151. The van der Waals surface area contributed by atoms with E-state index in [1.54, 1.807) is 0 Å². The van der Waals surface area contributed by atoms with Gasteiger partial charge in [0, 0.05) is 20.0 Å². The van der Waals surface area contributed by atoms with Crippen LogP contribution in [0, 0.1) is 0 Å². The Morgan fingerprint density at radius 2 is 1.62 bits per heavy atom. The molecule has 0 spiro atoms. The van der Waals surface area contributed by atoms with Crippen molar-refractivity contribution in [1.82, 2.24) is 9.80 Å². The van der Waals surface area contributed by atoms with Crippen molar-refractivity contribution < 1.29 is 20.1 Å². The molecule has 3 amide bonds. The number of amides is 3. The Morgan fingerprint density at radius 3 is 2.19 bits per heavy atom. The number of hydrogen-bond donors (Lipinski definition) is 2. The second kappa shape index (κ2) is 12.0. The van der Waals surface area contributed by atoms with Gasteiger partial charge in [-0.15, -0.1) is 0 Å². The van der Waals surface area contributed by atoms with E-state index in [2.05, 4.69) is 5.73 Å². The molecule has 1 aromatic carbocycles. The Morgan fingerprint density at radius 1 is 0.962 bits per heavy atom. The van der Waals surface area contributed by atoms with E-state index in [0.29, 0.717) is 6.54 Å². The molecule has 5 N–H and O–H groups in total. The van der Waals surface area contributed by atoms with Gasteiger partial charge in [0.1, 0.15) is 0 Å². The Hall–Kier alpha value is -2.41. The van der Waals surface area contributed by atoms with Gasteiger partial charge >= 0.3 is 0 Å². The van der Waals surface area contributed by atoms with Crippen molar-refractivity contribution in [3.63, 3.8) is 0 Å². The van der Waals surface area contributed by atoms with Crippen molar-refractivity contribution in [2.24, 2.45) is 5.73 Å². The molecule has 0 aromatic heterocycles. The minimum absolute atomic E-state index is 0.0369. The normalized spacial score (nSPS) is 10.4. The average Bonchev–Trinajstić information content (AvgIpc) is 2.60. The van der Waals surface area contributed by atoms with Crippen LogP contribution in [0.3, 0.4) is 0 Å². The van der Waals surface area contributed by atoms with Gasteiger partial charge in [-0.05, 0) is 24.8 Å². The first-order chi connectivity index (χ1) is 12.4. The lowest BCUT2D eigenvalue weighted by Gasteiger charge is -2.26. The molecule has 7 nitrogen and oxygen atoms in total. The molecule has 0 fully saturated rings. The van der Waals surface area contributed by atoms with Crippen LogP contribution >= 0.6 is 0 Å². The molecule has 26 heavy (non-hydrogen) atoms. The number of primary amides is 1. The van der Waals surface area contributed by atoms with E-state index in [1.807, 2.05) is 30.3 Å². The van der Waals surface area contributed by atoms with Gasteiger partial charge in [0.05, 0.1) is 19.6 Å². The van der Waals surface area contributed by atoms with E-state index in [9.17, 15) is 14.4 Å². The fourth-order valence-electron chi connectivity index (χ4n) is 2.67. The van der Waals surface area contributed by atoms with E-state index in [1.165, 1.54) is 16.7 Å². The lowest BCUT2D eigenvalue weighted by atomic mass is 10.2. The summed E-state index contributed by atoms with van der Waals surface area (Å²) in [6, 6.07) is 9.39. The van der Waals surface area contributed by atoms with Crippen molar-refractivity contribution >= 4 is 17.7 Å². The smallest absolute Gasteiger partial charge is 0.242 e. The third kappa shape index (κ3) is 8.62. The largest absolute Gasteiger partial charge is 0.368 e. The minimum Gasteiger partial charge on any atom is -0.368 e. The molecular weight excluding hydrogens is 332 g/mol. The van der Waals surface area contributed by atoms with Crippen molar-refractivity contribution in [1.29, 1.82) is 0 Å². The molecule has 0 aliphatic carbocycles. The van der Waals surface area contributed by atoms with Crippen LogP contribution in [0.25, 0.3) is 0 Å². The van der Waals surface area contributed by atoms with Crippen LogP contribution in [0.4, 0.5) is 0 Å². The Balaban J connectivity index is 2.65. The maximum atomic E-state index is 12.6. The Kier molecular flexibility index (Phi) is 10.0. The molecule has 0 saturated carbocycles. The van der Waals surface area contributed by atoms with Crippen LogP contribution in [0.2, 0.25) is 0 Å². The number of hydrogen-bond acceptors (Lipinski definition) is 3. The molecule has 0 radical (unpaired) electrons. The third-order valence-corrected chi connectivity index (χ3v) is 4.12. The highest BCUT2D eigenvalue weighted by Crippen LogP contribution is 2.07. The zero-order valence-electron chi connectivity index (χ0n) is 15.7. The zero-order chi connectivity index (χ0) is 19.4. The number of rotatable bonds is 12. The van der Waals surface area contributed by atoms with Gasteiger partial charge in [0.15, 0.2) is 0 Å². The summed E-state index contributed by atoms with van der Waals surface area (Å²) in [5.74, 6) is -0.994. The average molecular weight is 363 g/mol. The lowest BCUT2D eigenvalue weighted by molar-refractivity contribution is -0.368. The zero-order valence-corrected chi connectivity index (χ0v) is 15.7. The van der Waals surface area contributed by atoms with Crippen LogP contribution in [0.5, 0.6) is 0 Å². The maximum Gasteiger partial charge on any atom is 0.242 e. The van der Waals surface area contributed by atoms with Crippen molar-refractivity contribution in [2.75, 3.05) is 26.2 Å². The van der Waals surface area contributed by atoms with E-state index in [4.69, 9.17) is 5.73 Å². The van der Waals surface area contributed by atoms with Crippen molar-refractivity contribution in [3.8, 4) is 0 Å². The van der Waals surface area contributed by atoms with Gasteiger partial charge in [-0.1, -0.05) is 36.8 Å². The molecule has 0 aliphatic heterocycles. The Labute approximate surface area is 155 Å². The van der Waals surface area contributed by atoms with Gasteiger partial charge < -0.3 is 21.3 Å². The van der Waals surface area contributed by atoms with Crippen LogP contribution in [-0.2, 0) is 20.9 Å². The summed E-state index contributed by atoms with van der Waals surface area (Å²) in [5.41, 5.74) is 10.0. The molecule has 0 unspecified atom stereocenters. The standard InChI is InChI=1S/C19H30N4O3/c1-16(24)22(12-8-3-2-7-11-20)15-19(26)23(14-18(21)25)13-17-9-5-4-6-10-17/h4-6,9-10H,2-3,7-8,11-15,20H2,1H3,(H2,21,25)/p+1. The molecule has 7 heteroatoms. The minimum atomic E-state index is -0.572. The van der Waals surface area contributed by atoms with Crippen LogP contribution in [0.15, 0.2) is 30.3 Å². The highest BCUT2D eigenvalue weighted by atomic mass is 16.2. The SMILES string of the molecule is CC(=O)N(CCCCCC[NH3+])CC(=O)N(CC(N)=O)Cc1ccccc1. The lowest BCUT2D eigenvalue weighted by Crippen LogP contribution is -2.50. The van der Waals surface area contributed by atoms with Crippen molar-refractivity contribution in [3.05, 3.63) is 35.9 Å². The van der Waals surface area contributed by atoms with E-state index >= 15 is 0 Å². The van der Waals surface area contributed by atoms with Gasteiger partial charge in [-0.2, -0.15) is 0 Å². The second-order valence-corrected chi connectivity index (χ2v) is 6.41. The number of carbonyl (C=O) groups excluding carboxylic acids is 3. The molecule has 0 atom stereocenters. The first kappa shape index (κ1) is 21.6. The van der Waals surface area contributed by atoms with E-state index in [0.717, 1.165) is 37.8 Å². The summed E-state index contributed by atoms with van der Waals surface area (Å²) in [6.45, 7) is 2.99. The summed E-state index contributed by atoms with van der Waals surface area (Å²) in [6.07, 6.45) is 4.00. The Bertz CT molecular complexity index is 577. The number of benzene rings is 1. The third-order valence-electron chi connectivity index (χ3n) is 4.12. The van der Waals surface area contributed by atoms with Crippen LogP contribution in [-0.4, -0.2) is 53.7 Å². The van der Waals surface area contributed by atoms with Gasteiger partial charge in [-0.3, -0.25) is 14.4 Å². The number of carbonyl (C=O) groups is 3. The summed E-state index contributed by atoms with van der Waals surface area (Å²) < 4.78 is 0. The summed E-state index contributed by atoms with van der Waals surface area (Å²) in [5, 5.41) is 0. The molecule has 0 aliphatic rings. The first-order valence-electron chi connectivity index (χ1n) is 9.08. The quantitative estimate of drug-likeness (QED) is 0.516. The number of unbranched alkanes of at least 4 members (excludes halogenated alkanes) is 3. The second-order valence-electron chi connectivity index (χ2n) is 6.41. The molecule has 0 saturated heterocycles. The van der Waals surface area contributed by atoms with Gasteiger partial charge in [-0.25, -0.2) is 0 Å². The number of quaternary nitrogens is 1. The number of nitrogens with zero attached hydrogens (tertiary/aromatic N) is 2. The topological polar surface area (TPSA) is 111 Å². The predicted molar refractivity (Wildman–Crippen MR) is 99.5 cm³/mol. The maximum absolute atomic E-state index is 12.6. The molecule has 1 aromatic rings. The summed E-state index contributed by atoms with van der Waals surface area (Å²) in [4.78, 5) is 38.8. The molecule has 0 bridgehead atoms. The molecule has 1 rings (SSSR count). The van der Waals surface area contributed by atoms with E-state index < -0.39 is 5.91 Å². The summed E-state index contributed by atoms with van der Waals surface area (Å²) in [7, 11) is 0. The van der Waals surface area contributed by atoms with Crippen LogP contribution < -0.4 is 11.5 Å². The fraction of sp³-hybridized carbons (Fsp3) is 0.526. The van der Waals surface area contributed by atoms with E-state index in [-0.39, 0.29) is 31.4 Å². The fourth-order valence-corrected chi connectivity index (χ4v) is 2.67. The first-order valence-corrected chi connectivity index (χ1v) is 9.08. The molecule has 144 valence electrons. The monoisotopic (exact) mass is 363 g/mol. The molecular formula is C19H31N4O3+. The highest BCUT2D eigenvalue weighted by Gasteiger charge is 2.20. The van der Waals surface area contributed by atoms with Gasteiger partial charge in [0.25, 0.3) is 0 Å². The number of nitrogens with two attached hydrogens (primary N) is 1. The summed E-state index contributed by atoms with van der Waals surface area (Å²) >= 11 is 0.